The molecule has 0 aromatic heterocycles. The summed E-state index contributed by atoms with van der Waals surface area (Å²) in [6, 6.07) is 0. The van der Waals surface area contributed by atoms with E-state index >= 15 is 0 Å². The topological polar surface area (TPSA) is 75.2 Å². The molecule has 162 valence electrons. The molecule has 0 bridgehead atoms. The number of nitrogens with zero attached hydrogens (tertiary/aromatic N) is 2. The van der Waals surface area contributed by atoms with Crippen molar-refractivity contribution in [2.45, 2.75) is 64.4 Å². The van der Waals surface area contributed by atoms with Crippen molar-refractivity contribution in [3.05, 3.63) is 0 Å². The lowest BCUT2D eigenvalue weighted by Crippen LogP contribution is -2.46. The number of nitrogens with one attached hydrogen (secondary N) is 2. The van der Waals surface area contributed by atoms with Crippen molar-refractivity contribution < 1.29 is 14.3 Å². The molecule has 0 aromatic carbocycles. The van der Waals surface area contributed by atoms with Gasteiger partial charge in [0.2, 0.25) is 5.91 Å². The van der Waals surface area contributed by atoms with Gasteiger partial charge in [0, 0.05) is 47.0 Å². The summed E-state index contributed by atoms with van der Waals surface area (Å²) in [6.45, 7) is 6.22. The molecule has 0 radical (unpaired) electrons. The van der Waals surface area contributed by atoms with E-state index in [-0.39, 0.29) is 24.0 Å². The summed E-state index contributed by atoms with van der Waals surface area (Å²) in [5.74, 6) is 0.717. The van der Waals surface area contributed by atoms with Crippen molar-refractivity contribution in [2.75, 3.05) is 53.6 Å². The van der Waals surface area contributed by atoms with Gasteiger partial charge in [0.15, 0.2) is 5.96 Å². The van der Waals surface area contributed by atoms with Crippen molar-refractivity contribution >= 4 is 11.9 Å². The molecule has 2 fully saturated rings. The SMILES string of the molecule is CCOCCC1(CNC(=NCC(=O)N(C)C)NCC2CCCCO2)CCCC1. The lowest BCUT2D eigenvalue weighted by Gasteiger charge is -2.30. The maximum Gasteiger partial charge on any atom is 0.243 e. The first-order valence-electron chi connectivity index (χ1n) is 11.0. The van der Waals surface area contributed by atoms with Crippen LogP contribution in [0.3, 0.4) is 0 Å². The molecule has 1 aliphatic heterocycles. The van der Waals surface area contributed by atoms with Crippen LogP contribution in [0.5, 0.6) is 0 Å². The van der Waals surface area contributed by atoms with Gasteiger partial charge < -0.3 is 25.0 Å². The summed E-state index contributed by atoms with van der Waals surface area (Å²) < 4.78 is 11.4. The first-order chi connectivity index (χ1) is 13.5. The predicted octanol–water partition coefficient (Wildman–Crippen LogP) is 2.17. The minimum absolute atomic E-state index is 0.00180. The van der Waals surface area contributed by atoms with Gasteiger partial charge in [0.25, 0.3) is 0 Å². The Bertz CT molecular complexity index is 484. The van der Waals surface area contributed by atoms with Gasteiger partial charge in [0.05, 0.1) is 6.10 Å². The molecule has 1 unspecified atom stereocenters. The number of hydrogen-bond donors (Lipinski definition) is 2. The summed E-state index contributed by atoms with van der Waals surface area (Å²) in [7, 11) is 3.52. The standard InChI is InChI=1S/C21H40N4O3/c1-4-27-14-12-21(10-6-7-11-21)17-24-20(23-16-19(26)25(2)3)22-15-18-9-5-8-13-28-18/h18H,4-17H2,1-3H3,(H2,22,23,24). The molecule has 0 spiro atoms. The molecule has 1 saturated carbocycles. The lowest BCUT2D eigenvalue weighted by molar-refractivity contribution is -0.127. The van der Waals surface area contributed by atoms with Gasteiger partial charge >= 0.3 is 0 Å². The summed E-state index contributed by atoms with van der Waals surface area (Å²) in [6.07, 6.45) is 9.75. The molecule has 1 saturated heterocycles. The largest absolute Gasteiger partial charge is 0.382 e. The van der Waals surface area contributed by atoms with Gasteiger partial charge in [-0.25, -0.2) is 4.99 Å². The highest BCUT2D eigenvalue weighted by Crippen LogP contribution is 2.40. The number of amides is 1. The first-order valence-corrected chi connectivity index (χ1v) is 11.0. The molecule has 2 aliphatic rings. The molecule has 28 heavy (non-hydrogen) atoms. The van der Waals surface area contributed by atoms with Crippen LogP contribution in [-0.2, 0) is 14.3 Å². The van der Waals surface area contributed by atoms with E-state index in [1.54, 1.807) is 19.0 Å². The normalized spacial score (nSPS) is 22.1. The molecule has 7 nitrogen and oxygen atoms in total. The Balaban J connectivity index is 1.92. The number of ether oxygens (including phenoxy) is 2. The summed E-state index contributed by atoms with van der Waals surface area (Å²) in [4.78, 5) is 18.1. The monoisotopic (exact) mass is 396 g/mol. The van der Waals surface area contributed by atoms with Gasteiger partial charge in [-0.15, -0.1) is 0 Å². The number of rotatable bonds is 10. The zero-order valence-electron chi connectivity index (χ0n) is 18.1. The highest BCUT2D eigenvalue weighted by Gasteiger charge is 2.33. The fraction of sp³-hybridized carbons (Fsp3) is 0.905. The second kappa shape index (κ2) is 12.3. The number of hydrogen-bond acceptors (Lipinski definition) is 4. The van der Waals surface area contributed by atoms with E-state index < -0.39 is 0 Å². The molecule has 0 aromatic rings. The Hall–Kier alpha value is -1.34. The average molecular weight is 397 g/mol. The van der Waals surface area contributed by atoms with Gasteiger partial charge in [-0.05, 0) is 50.9 Å². The van der Waals surface area contributed by atoms with E-state index in [0.29, 0.717) is 5.96 Å². The average Bonchev–Trinajstić information content (AvgIpc) is 3.17. The highest BCUT2D eigenvalue weighted by molar-refractivity contribution is 5.84. The second-order valence-electron chi connectivity index (χ2n) is 8.33. The van der Waals surface area contributed by atoms with Crippen LogP contribution < -0.4 is 10.6 Å². The summed E-state index contributed by atoms with van der Waals surface area (Å²) in [5, 5.41) is 6.92. The van der Waals surface area contributed by atoms with Crippen molar-refractivity contribution in [3.8, 4) is 0 Å². The number of carbonyl (C=O) groups excluding carboxylic acids is 1. The van der Waals surface area contributed by atoms with Crippen molar-refractivity contribution in [2.24, 2.45) is 10.4 Å². The maximum atomic E-state index is 12.0. The van der Waals surface area contributed by atoms with Gasteiger partial charge in [-0.2, -0.15) is 0 Å². The van der Waals surface area contributed by atoms with E-state index in [9.17, 15) is 4.79 Å². The highest BCUT2D eigenvalue weighted by atomic mass is 16.5. The quantitative estimate of drug-likeness (QED) is 0.336. The minimum atomic E-state index is 0.00180. The predicted molar refractivity (Wildman–Crippen MR) is 113 cm³/mol. The zero-order chi connectivity index (χ0) is 20.2. The van der Waals surface area contributed by atoms with Gasteiger partial charge in [-0.3, -0.25) is 4.79 Å². The first kappa shape index (κ1) is 22.9. The molecule has 1 atom stereocenters. The number of carbonyl (C=O) groups is 1. The van der Waals surface area contributed by atoms with Crippen LogP contribution in [0, 0.1) is 5.41 Å². The van der Waals surface area contributed by atoms with Crippen molar-refractivity contribution in [1.82, 2.24) is 15.5 Å². The van der Waals surface area contributed by atoms with E-state index in [1.165, 1.54) is 32.1 Å². The molecule has 7 heteroatoms. The summed E-state index contributed by atoms with van der Waals surface area (Å²) >= 11 is 0. The molecular weight excluding hydrogens is 356 g/mol. The smallest absolute Gasteiger partial charge is 0.243 e. The van der Waals surface area contributed by atoms with Crippen LogP contribution in [0.15, 0.2) is 4.99 Å². The lowest BCUT2D eigenvalue weighted by atomic mass is 9.83. The zero-order valence-corrected chi connectivity index (χ0v) is 18.1. The number of aliphatic imine (C=N–C) groups is 1. The third-order valence-electron chi connectivity index (χ3n) is 5.92. The number of guanidine groups is 1. The summed E-state index contributed by atoms with van der Waals surface area (Å²) in [5.41, 5.74) is 0.268. The maximum absolute atomic E-state index is 12.0. The van der Waals surface area contributed by atoms with E-state index in [4.69, 9.17) is 9.47 Å². The third kappa shape index (κ3) is 7.95. The molecule has 1 amide bonds. The van der Waals surface area contributed by atoms with E-state index in [1.807, 2.05) is 6.92 Å². The third-order valence-corrected chi connectivity index (χ3v) is 5.92. The van der Waals surface area contributed by atoms with Crippen LogP contribution in [0.4, 0.5) is 0 Å². The van der Waals surface area contributed by atoms with Crippen LogP contribution in [0.25, 0.3) is 0 Å². The number of likely N-dealkylation sites (N-methyl/N-ethyl adjacent to an activating group) is 1. The molecular formula is C21H40N4O3. The van der Waals surface area contributed by atoms with E-state index in [2.05, 4.69) is 15.6 Å². The second-order valence-corrected chi connectivity index (χ2v) is 8.33. The van der Waals surface area contributed by atoms with Gasteiger partial charge in [0.1, 0.15) is 6.54 Å². The molecule has 1 heterocycles. The Morgan fingerprint density at radius 3 is 2.64 bits per heavy atom. The van der Waals surface area contributed by atoms with Crippen LogP contribution in [-0.4, -0.2) is 76.4 Å². The van der Waals surface area contributed by atoms with Crippen LogP contribution in [0.2, 0.25) is 0 Å². The molecule has 2 rings (SSSR count). The van der Waals surface area contributed by atoms with Crippen LogP contribution >= 0.6 is 0 Å². The Labute approximate surface area is 170 Å². The van der Waals surface area contributed by atoms with Crippen LogP contribution in [0.1, 0.15) is 58.3 Å². The minimum Gasteiger partial charge on any atom is -0.382 e. The van der Waals surface area contributed by atoms with Gasteiger partial charge in [-0.1, -0.05) is 12.8 Å². The Morgan fingerprint density at radius 2 is 2.00 bits per heavy atom. The van der Waals surface area contributed by atoms with E-state index in [0.717, 1.165) is 52.2 Å². The molecule has 2 N–H and O–H groups in total. The Kier molecular flexibility index (Phi) is 10.1. The van der Waals surface area contributed by atoms with Crippen molar-refractivity contribution in [1.29, 1.82) is 0 Å². The fourth-order valence-electron chi connectivity index (χ4n) is 3.99. The Morgan fingerprint density at radius 1 is 1.21 bits per heavy atom. The fourth-order valence-corrected chi connectivity index (χ4v) is 3.99. The molecule has 1 aliphatic carbocycles. The van der Waals surface area contributed by atoms with Crippen molar-refractivity contribution in [3.63, 3.8) is 0 Å².